The first kappa shape index (κ1) is 65.3. The maximum Gasteiger partial charge on any atom is 0.397 e. The molecule has 0 amide bonds. The maximum absolute atomic E-state index is 12.9. The van der Waals surface area contributed by atoms with Gasteiger partial charge in [-0.05, 0) is 83.5 Å². The summed E-state index contributed by atoms with van der Waals surface area (Å²) in [7, 11) is -5.07. The highest BCUT2D eigenvalue weighted by atomic mass is 32.3. The maximum atomic E-state index is 12.9. The fourth-order valence-corrected chi connectivity index (χ4v) is 8.48. The van der Waals surface area contributed by atoms with Gasteiger partial charge in [0.1, 0.15) is 30.5 Å². The van der Waals surface area contributed by atoms with E-state index in [1.165, 1.54) is 83.5 Å². The van der Waals surface area contributed by atoms with E-state index in [1.807, 2.05) is 0 Å². The van der Waals surface area contributed by atoms with E-state index in [1.54, 1.807) is 0 Å². The molecule has 404 valence electrons. The number of carbonyl (C=O) groups excluding carboxylic acids is 1. The molecule has 0 radical (unpaired) electrons. The summed E-state index contributed by atoms with van der Waals surface area (Å²) < 4.78 is 59.4. The number of allylic oxidation sites excluding steroid dienone is 14. The molecule has 70 heavy (non-hydrogen) atoms. The number of esters is 1. The van der Waals surface area contributed by atoms with Crippen LogP contribution in [0.2, 0.25) is 0 Å². The van der Waals surface area contributed by atoms with E-state index < -0.39 is 59.8 Å². The van der Waals surface area contributed by atoms with Gasteiger partial charge in [-0.3, -0.25) is 9.35 Å². The van der Waals surface area contributed by atoms with Gasteiger partial charge in [0.05, 0.1) is 19.8 Å². The second-order valence-corrected chi connectivity index (χ2v) is 19.5. The van der Waals surface area contributed by atoms with Gasteiger partial charge < -0.3 is 34.3 Å². The SMILES string of the molecule is CC/C=C\C/C=C\C/C=C\C/C=C\CCCCCCCCCCCCCCC(=O)OC(COCCCCCCCCCC/C=C\C/C=C\C/C=C\CC)COC1OC(CO)C(O)C(OS(=O)(=O)O)C1O. The lowest BCUT2D eigenvalue weighted by Gasteiger charge is -2.41. The zero-order chi connectivity index (χ0) is 51.0. The van der Waals surface area contributed by atoms with Crippen LogP contribution in [0.4, 0.5) is 0 Å². The Labute approximate surface area is 425 Å². The average Bonchev–Trinajstić information content (AvgIpc) is 3.34. The number of hydrogen-bond acceptors (Lipinski definition) is 11. The molecule has 0 aliphatic carbocycles. The van der Waals surface area contributed by atoms with Crippen LogP contribution in [0.5, 0.6) is 0 Å². The Morgan fingerprint density at radius 2 is 0.943 bits per heavy atom. The number of aliphatic hydroxyl groups is 3. The van der Waals surface area contributed by atoms with Crippen LogP contribution in [-0.2, 0) is 38.3 Å². The lowest BCUT2D eigenvalue weighted by molar-refractivity contribution is -0.301. The van der Waals surface area contributed by atoms with Crippen molar-refractivity contribution >= 4 is 16.4 Å². The monoisotopic (exact) mass is 1010 g/mol. The average molecular weight is 1010 g/mol. The molecule has 13 heteroatoms. The van der Waals surface area contributed by atoms with Crippen LogP contribution in [-0.4, -0.2) is 97.5 Å². The molecule has 6 unspecified atom stereocenters. The van der Waals surface area contributed by atoms with E-state index in [9.17, 15) is 33.1 Å². The molecule has 1 rings (SSSR count). The van der Waals surface area contributed by atoms with Crippen LogP contribution in [0.3, 0.4) is 0 Å². The molecular weight excluding hydrogens is 909 g/mol. The molecule has 0 aromatic rings. The first-order valence-electron chi connectivity index (χ1n) is 27.3. The fourth-order valence-electron chi connectivity index (χ4n) is 7.97. The van der Waals surface area contributed by atoms with Crippen LogP contribution in [0, 0.1) is 0 Å². The van der Waals surface area contributed by atoms with Gasteiger partial charge in [0.25, 0.3) is 0 Å². The van der Waals surface area contributed by atoms with Crippen molar-refractivity contribution in [2.75, 3.05) is 26.4 Å². The topological polar surface area (TPSA) is 178 Å². The lowest BCUT2D eigenvalue weighted by atomic mass is 9.99. The molecular formula is C57H98O12S. The third-order valence-electron chi connectivity index (χ3n) is 12.0. The van der Waals surface area contributed by atoms with Crippen molar-refractivity contribution in [3.8, 4) is 0 Å². The summed E-state index contributed by atoms with van der Waals surface area (Å²) in [5.41, 5.74) is 0. The number of rotatable bonds is 47. The van der Waals surface area contributed by atoms with Gasteiger partial charge in [0.2, 0.25) is 0 Å². The van der Waals surface area contributed by atoms with Crippen molar-refractivity contribution < 1.29 is 56.2 Å². The minimum Gasteiger partial charge on any atom is -0.457 e. The summed E-state index contributed by atoms with van der Waals surface area (Å²) in [6.45, 7) is 3.76. The second kappa shape index (κ2) is 47.3. The largest absolute Gasteiger partial charge is 0.457 e. The molecule has 0 aromatic carbocycles. The van der Waals surface area contributed by atoms with Crippen molar-refractivity contribution in [2.45, 2.75) is 243 Å². The lowest BCUT2D eigenvalue weighted by Crippen LogP contribution is -2.60. The molecule has 12 nitrogen and oxygen atoms in total. The molecule has 1 aliphatic heterocycles. The standard InChI is InChI=1S/C57H98O12S/c1-3-5-7-9-11-13-15-17-19-21-23-24-25-26-27-28-29-30-32-34-36-38-40-42-44-46-53(59)67-51(50-66-57-55(61)56(69-70(62,63)64)54(60)52(48-58)68-57)49-65-47-45-43-41-39-37-35-33-31-22-20-18-16-14-12-10-8-6-4-2/h5-8,11-14,17-20,23-24,51-52,54-58,60-61H,3-4,9-10,15-16,21-22,25-50H2,1-2H3,(H,62,63,64)/b7-5-,8-6-,13-11-,14-12-,19-17-,20-18-,24-23-. The Bertz CT molecular complexity index is 1540. The molecule has 4 N–H and O–H groups in total. The summed E-state index contributed by atoms with van der Waals surface area (Å²) in [6.07, 6.45) is 54.7. The van der Waals surface area contributed by atoms with E-state index in [-0.39, 0.29) is 19.6 Å². The predicted octanol–water partition coefficient (Wildman–Crippen LogP) is 13.2. The molecule has 1 aliphatic rings. The first-order chi connectivity index (χ1) is 34.1. The van der Waals surface area contributed by atoms with Gasteiger partial charge in [-0.2, -0.15) is 8.42 Å². The van der Waals surface area contributed by atoms with Gasteiger partial charge >= 0.3 is 16.4 Å². The number of aliphatic hydroxyl groups excluding tert-OH is 3. The van der Waals surface area contributed by atoms with Gasteiger partial charge in [0, 0.05) is 13.0 Å². The van der Waals surface area contributed by atoms with Crippen LogP contribution >= 0.6 is 0 Å². The third kappa shape index (κ3) is 39.8. The number of carbonyl (C=O) groups is 1. The van der Waals surface area contributed by atoms with Gasteiger partial charge in [-0.25, -0.2) is 4.18 Å². The normalized spacial score (nSPS) is 19.8. The van der Waals surface area contributed by atoms with Crippen molar-refractivity contribution in [1.29, 1.82) is 0 Å². The van der Waals surface area contributed by atoms with Crippen LogP contribution in [0.15, 0.2) is 85.1 Å². The van der Waals surface area contributed by atoms with E-state index in [0.29, 0.717) is 13.0 Å². The minimum atomic E-state index is -5.07. The quantitative estimate of drug-likeness (QED) is 0.0197. The Balaban J connectivity index is 2.32. The Morgan fingerprint density at radius 3 is 1.37 bits per heavy atom. The number of unbranched alkanes of at least 4 members (excludes halogenated alkanes) is 20. The predicted molar refractivity (Wildman–Crippen MR) is 285 cm³/mol. The molecule has 1 fully saturated rings. The summed E-state index contributed by atoms with van der Waals surface area (Å²) in [6, 6.07) is 0. The highest BCUT2D eigenvalue weighted by Crippen LogP contribution is 2.26. The highest BCUT2D eigenvalue weighted by Gasteiger charge is 2.48. The van der Waals surface area contributed by atoms with Crippen molar-refractivity contribution in [3.63, 3.8) is 0 Å². The molecule has 1 saturated heterocycles. The van der Waals surface area contributed by atoms with Crippen molar-refractivity contribution in [1.82, 2.24) is 0 Å². The number of hydrogen-bond donors (Lipinski definition) is 4. The first-order valence-corrected chi connectivity index (χ1v) is 28.7. The molecule has 6 atom stereocenters. The molecule has 0 aromatic heterocycles. The van der Waals surface area contributed by atoms with Crippen LogP contribution in [0.1, 0.15) is 206 Å². The minimum absolute atomic E-state index is 0.0264. The van der Waals surface area contributed by atoms with Crippen molar-refractivity contribution in [3.05, 3.63) is 85.1 Å². The Morgan fingerprint density at radius 1 is 0.543 bits per heavy atom. The van der Waals surface area contributed by atoms with E-state index >= 15 is 0 Å². The number of ether oxygens (including phenoxy) is 4. The molecule has 0 spiro atoms. The zero-order valence-electron chi connectivity index (χ0n) is 43.6. The van der Waals surface area contributed by atoms with Gasteiger partial charge in [-0.1, -0.05) is 202 Å². The van der Waals surface area contributed by atoms with Gasteiger partial charge in [0.15, 0.2) is 6.29 Å². The van der Waals surface area contributed by atoms with E-state index in [4.69, 9.17) is 18.9 Å². The molecule has 1 heterocycles. The summed E-state index contributed by atoms with van der Waals surface area (Å²) in [4.78, 5) is 12.9. The third-order valence-corrected chi connectivity index (χ3v) is 12.5. The zero-order valence-corrected chi connectivity index (χ0v) is 44.4. The van der Waals surface area contributed by atoms with E-state index in [0.717, 1.165) is 96.3 Å². The van der Waals surface area contributed by atoms with Crippen LogP contribution < -0.4 is 0 Å². The van der Waals surface area contributed by atoms with Gasteiger partial charge in [-0.15, -0.1) is 0 Å². The summed E-state index contributed by atoms with van der Waals surface area (Å²) >= 11 is 0. The Kier molecular flexibility index (Phi) is 44.1. The highest BCUT2D eigenvalue weighted by molar-refractivity contribution is 7.80. The summed E-state index contributed by atoms with van der Waals surface area (Å²) in [5.74, 6) is -0.406. The summed E-state index contributed by atoms with van der Waals surface area (Å²) in [5, 5.41) is 30.8. The fraction of sp³-hybridized carbons (Fsp3) is 0.737. The van der Waals surface area contributed by atoms with Crippen molar-refractivity contribution in [2.24, 2.45) is 0 Å². The Hall–Kier alpha value is -2.72. The smallest absolute Gasteiger partial charge is 0.397 e. The van der Waals surface area contributed by atoms with Crippen LogP contribution in [0.25, 0.3) is 0 Å². The molecule has 0 bridgehead atoms. The van der Waals surface area contributed by atoms with E-state index in [2.05, 4.69) is 103 Å². The second-order valence-electron chi connectivity index (χ2n) is 18.4. The molecule has 0 saturated carbocycles.